The SMILES string of the molecule is CCC(C)n1ccc2cc(Cl)ncc21. The number of hydrogen-bond donors (Lipinski definition) is 0. The van der Waals surface area contributed by atoms with Crippen molar-refractivity contribution in [2.45, 2.75) is 26.3 Å². The molecule has 14 heavy (non-hydrogen) atoms. The maximum absolute atomic E-state index is 5.82. The van der Waals surface area contributed by atoms with Crippen LogP contribution in [-0.2, 0) is 0 Å². The summed E-state index contributed by atoms with van der Waals surface area (Å²) in [5, 5.41) is 1.71. The van der Waals surface area contributed by atoms with Crippen LogP contribution in [0.4, 0.5) is 0 Å². The third-order valence-corrected chi connectivity index (χ3v) is 2.85. The van der Waals surface area contributed by atoms with Gasteiger partial charge < -0.3 is 4.57 Å². The van der Waals surface area contributed by atoms with E-state index in [1.54, 1.807) is 0 Å². The molecule has 0 saturated carbocycles. The van der Waals surface area contributed by atoms with Gasteiger partial charge in [0.05, 0.1) is 11.7 Å². The summed E-state index contributed by atoms with van der Waals surface area (Å²) in [6.07, 6.45) is 5.05. The number of fused-ring (bicyclic) bond motifs is 1. The second-order valence-corrected chi connectivity index (χ2v) is 3.93. The fourth-order valence-electron chi connectivity index (χ4n) is 1.61. The number of aromatic nitrogens is 2. The Kier molecular flexibility index (Phi) is 2.46. The first-order valence-corrected chi connectivity index (χ1v) is 5.22. The predicted molar refractivity (Wildman–Crippen MR) is 59.7 cm³/mol. The molecule has 3 heteroatoms. The smallest absolute Gasteiger partial charge is 0.129 e. The Bertz CT molecular complexity index is 447. The normalized spacial score (nSPS) is 13.4. The van der Waals surface area contributed by atoms with E-state index in [1.165, 1.54) is 0 Å². The topological polar surface area (TPSA) is 17.8 Å². The zero-order valence-corrected chi connectivity index (χ0v) is 9.12. The molecule has 0 aliphatic rings. The van der Waals surface area contributed by atoms with Crippen molar-refractivity contribution >= 4 is 22.5 Å². The van der Waals surface area contributed by atoms with Crippen molar-refractivity contribution in [3.8, 4) is 0 Å². The number of hydrogen-bond acceptors (Lipinski definition) is 1. The summed E-state index contributed by atoms with van der Waals surface area (Å²) in [7, 11) is 0. The summed E-state index contributed by atoms with van der Waals surface area (Å²) in [4.78, 5) is 4.10. The fourth-order valence-corrected chi connectivity index (χ4v) is 1.77. The van der Waals surface area contributed by atoms with E-state index in [9.17, 15) is 0 Å². The molecule has 0 aliphatic carbocycles. The van der Waals surface area contributed by atoms with Crippen LogP contribution in [0, 0.1) is 0 Å². The van der Waals surface area contributed by atoms with Crippen LogP contribution in [0.3, 0.4) is 0 Å². The molecule has 2 nitrogen and oxygen atoms in total. The minimum absolute atomic E-state index is 0.510. The molecule has 0 fully saturated rings. The van der Waals surface area contributed by atoms with Crippen molar-refractivity contribution in [3.05, 3.63) is 29.7 Å². The van der Waals surface area contributed by atoms with E-state index in [1.807, 2.05) is 12.3 Å². The van der Waals surface area contributed by atoms with Gasteiger partial charge in [0.1, 0.15) is 5.15 Å². The van der Waals surface area contributed by atoms with Gasteiger partial charge in [0.25, 0.3) is 0 Å². The lowest BCUT2D eigenvalue weighted by atomic mass is 10.2. The van der Waals surface area contributed by atoms with E-state index >= 15 is 0 Å². The number of rotatable bonds is 2. The van der Waals surface area contributed by atoms with Gasteiger partial charge >= 0.3 is 0 Å². The Hall–Kier alpha value is -1.02. The quantitative estimate of drug-likeness (QED) is 0.689. The molecule has 2 aromatic rings. The van der Waals surface area contributed by atoms with Gasteiger partial charge in [0, 0.05) is 17.6 Å². The molecular weight excluding hydrogens is 196 g/mol. The van der Waals surface area contributed by atoms with E-state index in [4.69, 9.17) is 11.6 Å². The molecule has 2 rings (SSSR count). The summed E-state index contributed by atoms with van der Waals surface area (Å²) in [5.74, 6) is 0. The van der Waals surface area contributed by atoms with Crippen LogP contribution in [-0.4, -0.2) is 9.55 Å². The lowest BCUT2D eigenvalue weighted by Crippen LogP contribution is -2.01. The van der Waals surface area contributed by atoms with Gasteiger partial charge in [0.2, 0.25) is 0 Å². The largest absolute Gasteiger partial charge is 0.343 e. The maximum atomic E-state index is 5.82. The second kappa shape index (κ2) is 3.62. The van der Waals surface area contributed by atoms with Crippen LogP contribution in [0.1, 0.15) is 26.3 Å². The molecule has 2 aromatic heterocycles. The molecule has 0 N–H and O–H groups in total. The van der Waals surface area contributed by atoms with E-state index in [2.05, 4.69) is 35.7 Å². The van der Waals surface area contributed by atoms with E-state index in [0.717, 1.165) is 17.3 Å². The number of pyridine rings is 1. The van der Waals surface area contributed by atoms with Crippen LogP contribution in [0.2, 0.25) is 5.15 Å². The molecule has 0 bridgehead atoms. The highest BCUT2D eigenvalue weighted by Crippen LogP contribution is 2.22. The summed E-state index contributed by atoms with van der Waals surface area (Å²) in [6.45, 7) is 4.38. The minimum Gasteiger partial charge on any atom is -0.343 e. The Labute approximate surface area is 88.5 Å². The first kappa shape index (κ1) is 9.53. The predicted octanol–water partition coefficient (Wildman–Crippen LogP) is 3.66. The summed E-state index contributed by atoms with van der Waals surface area (Å²) in [6, 6.07) is 4.49. The third-order valence-electron chi connectivity index (χ3n) is 2.64. The van der Waals surface area contributed by atoms with Gasteiger partial charge in [-0.1, -0.05) is 18.5 Å². The average Bonchev–Trinajstić information content (AvgIpc) is 2.59. The molecule has 1 atom stereocenters. The fraction of sp³-hybridized carbons (Fsp3) is 0.364. The van der Waals surface area contributed by atoms with E-state index in [-0.39, 0.29) is 0 Å². The van der Waals surface area contributed by atoms with Crippen molar-refractivity contribution < 1.29 is 0 Å². The molecule has 0 saturated heterocycles. The van der Waals surface area contributed by atoms with Gasteiger partial charge in [-0.2, -0.15) is 0 Å². The first-order chi connectivity index (χ1) is 6.72. The molecule has 74 valence electrons. The van der Waals surface area contributed by atoms with Crippen LogP contribution in [0.5, 0.6) is 0 Å². The van der Waals surface area contributed by atoms with Gasteiger partial charge in [-0.05, 0) is 25.5 Å². The molecule has 0 radical (unpaired) electrons. The third kappa shape index (κ3) is 1.50. The lowest BCUT2D eigenvalue weighted by molar-refractivity contribution is 0.548. The van der Waals surface area contributed by atoms with Gasteiger partial charge in [0.15, 0.2) is 0 Å². The van der Waals surface area contributed by atoms with Crippen molar-refractivity contribution in [1.82, 2.24) is 9.55 Å². The highest BCUT2D eigenvalue weighted by Gasteiger charge is 2.06. The second-order valence-electron chi connectivity index (χ2n) is 3.55. The highest BCUT2D eigenvalue weighted by molar-refractivity contribution is 6.30. The molecule has 1 unspecified atom stereocenters. The Morgan fingerprint density at radius 1 is 1.57 bits per heavy atom. The van der Waals surface area contributed by atoms with Crippen molar-refractivity contribution in [2.75, 3.05) is 0 Å². The van der Waals surface area contributed by atoms with Gasteiger partial charge in [-0.25, -0.2) is 4.98 Å². The standard InChI is InChI=1S/C11H13ClN2/c1-3-8(2)14-5-4-9-6-11(12)13-7-10(9)14/h4-8H,3H2,1-2H3. The van der Waals surface area contributed by atoms with E-state index in [0.29, 0.717) is 11.2 Å². The highest BCUT2D eigenvalue weighted by atomic mass is 35.5. The van der Waals surface area contributed by atoms with Crippen molar-refractivity contribution in [2.24, 2.45) is 0 Å². The molecule has 0 aliphatic heterocycles. The monoisotopic (exact) mass is 208 g/mol. The summed E-state index contributed by atoms with van der Waals surface area (Å²) < 4.78 is 2.23. The minimum atomic E-state index is 0.510. The van der Waals surface area contributed by atoms with Crippen LogP contribution >= 0.6 is 11.6 Å². The Morgan fingerprint density at radius 2 is 2.36 bits per heavy atom. The van der Waals surface area contributed by atoms with Crippen molar-refractivity contribution in [1.29, 1.82) is 0 Å². The lowest BCUT2D eigenvalue weighted by Gasteiger charge is -2.12. The van der Waals surface area contributed by atoms with E-state index < -0.39 is 0 Å². The summed E-state index contributed by atoms with van der Waals surface area (Å²) >= 11 is 5.82. The van der Waals surface area contributed by atoms with Gasteiger partial charge in [-0.3, -0.25) is 0 Å². The number of nitrogens with zero attached hydrogens (tertiary/aromatic N) is 2. The van der Waals surface area contributed by atoms with Crippen LogP contribution < -0.4 is 0 Å². The Balaban J connectivity index is 2.58. The van der Waals surface area contributed by atoms with Crippen LogP contribution in [0.15, 0.2) is 24.5 Å². The molecular formula is C11H13ClN2. The Morgan fingerprint density at radius 3 is 3.07 bits per heavy atom. The zero-order chi connectivity index (χ0) is 10.1. The maximum Gasteiger partial charge on any atom is 0.129 e. The first-order valence-electron chi connectivity index (χ1n) is 4.84. The van der Waals surface area contributed by atoms with Crippen LogP contribution in [0.25, 0.3) is 10.9 Å². The number of halogens is 1. The zero-order valence-electron chi connectivity index (χ0n) is 8.37. The molecule has 0 aromatic carbocycles. The molecule has 0 spiro atoms. The molecule has 2 heterocycles. The summed E-state index contributed by atoms with van der Waals surface area (Å²) in [5.41, 5.74) is 1.16. The van der Waals surface area contributed by atoms with Crippen molar-refractivity contribution in [3.63, 3.8) is 0 Å². The average molecular weight is 209 g/mol. The van der Waals surface area contributed by atoms with Gasteiger partial charge in [-0.15, -0.1) is 0 Å². The molecule has 0 amide bonds.